The van der Waals surface area contributed by atoms with Crippen LogP contribution in [0.1, 0.15) is 16.7 Å². The summed E-state index contributed by atoms with van der Waals surface area (Å²) in [6.07, 6.45) is 2.45. The molecule has 0 bridgehead atoms. The summed E-state index contributed by atoms with van der Waals surface area (Å²) in [4.78, 5) is 14.0. The molecule has 1 amide bonds. The van der Waals surface area contributed by atoms with Crippen molar-refractivity contribution in [2.75, 3.05) is 0 Å². The maximum atomic E-state index is 11.5. The quantitative estimate of drug-likeness (QED) is 0.845. The molecule has 0 saturated heterocycles. The zero-order chi connectivity index (χ0) is 12.1. The number of aromatic nitrogens is 4. The van der Waals surface area contributed by atoms with E-state index in [9.17, 15) is 4.79 Å². The molecule has 1 N–H and O–H groups in total. The Morgan fingerprint density at radius 3 is 2.94 bits per heavy atom. The van der Waals surface area contributed by atoms with Crippen molar-refractivity contribution in [1.29, 1.82) is 0 Å². The Balaban J connectivity index is 1.79. The normalized spacial score (nSPS) is 10.4. The van der Waals surface area contributed by atoms with Gasteiger partial charge in [-0.25, -0.2) is 4.68 Å². The van der Waals surface area contributed by atoms with E-state index in [0.29, 0.717) is 6.54 Å². The fourth-order valence-corrected chi connectivity index (χ4v) is 2.25. The van der Waals surface area contributed by atoms with Gasteiger partial charge >= 0.3 is 0 Å². The smallest absolute Gasteiger partial charge is 0.242 e. The van der Waals surface area contributed by atoms with Crippen molar-refractivity contribution in [3.05, 3.63) is 28.2 Å². The molecular weight excluding hydrogens is 238 g/mol. The zero-order valence-corrected chi connectivity index (χ0v) is 10.3. The molecule has 0 aliphatic heterocycles. The molecule has 0 saturated carbocycles. The summed E-state index contributed by atoms with van der Waals surface area (Å²) in [6, 6.07) is 4.13. The summed E-state index contributed by atoms with van der Waals surface area (Å²) in [6.45, 7) is 2.83. The first kappa shape index (κ1) is 11.7. The first-order valence-electron chi connectivity index (χ1n) is 5.33. The van der Waals surface area contributed by atoms with Crippen LogP contribution in [0.5, 0.6) is 0 Å². The number of tetrazole rings is 1. The van der Waals surface area contributed by atoms with E-state index < -0.39 is 0 Å². The highest BCUT2D eigenvalue weighted by Gasteiger charge is 2.04. The van der Waals surface area contributed by atoms with Gasteiger partial charge in [0.25, 0.3) is 0 Å². The van der Waals surface area contributed by atoms with Gasteiger partial charge in [0.1, 0.15) is 12.9 Å². The van der Waals surface area contributed by atoms with Crippen LogP contribution in [0.3, 0.4) is 0 Å². The molecule has 90 valence electrons. The minimum Gasteiger partial charge on any atom is -0.350 e. The molecule has 0 spiro atoms. The molecular formula is C10H13N5OS. The van der Waals surface area contributed by atoms with Gasteiger partial charge in [0, 0.05) is 9.75 Å². The fraction of sp³-hybridized carbons (Fsp3) is 0.400. The largest absolute Gasteiger partial charge is 0.350 e. The first-order chi connectivity index (χ1) is 8.28. The number of hydrogen-bond acceptors (Lipinski definition) is 5. The van der Waals surface area contributed by atoms with Crippen molar-refractivity contribution in [3.8, 4) is 0 Å². The van der Waals surface area contributed by atoms with Crippen LogP contribution in [0.25, 0.3) is 0 Å². The molecule has 0 atom stereocenters. The highest BCUT2D eigenvalue weighted by Crippen LogP contribution is 2.16. The van der Waals surface area contributed by atoms with Crippen LogP contribution in [0.2, 0.25) is 0 Å². The maximum absolute atomic E-state index is 11.5. The molecule has 2 aromatic rings. The number of hydrogen-bond donors (Lipinski definition) is 1. The minimum absolute atomic E-state index is 0.0938. The average Bonchev–Trinajstić information content (AvgIpc) is 2.96. The first-order valence-corrected chi connectivity index (χ1v) is 6.14. The third kappa shape index (κ3) is 3.35. The molecule has 2 rings (SSSR count). The van der Waals surface area contributed by atoms with Gasteiger partial charge in [-0.15, -0.1) is 16.4 Å². The van der Waals surface area contributed by atoms with Crippen LogP contribution < -0.4 is 5.32 Å². The maximum Gasteiger partial charge on any atom is 0.242 e. The Kier molecular flexibility index (Phi) is 3.81. The van der Waals surface area contributed by atoms with Crippen LogP contribution >= 0.6 is 11.3 Å². The SMILES string of the molecule is CCc1ccc(CNC(=O)Cn2cnnn2)s1. The van der Waals surface area contributed by atoms with Gasteiger partial charge in [-0.2, -0.15) is 0 Å². The van der Waals surface area contributed by atoms with Gasteiger partial charge in [-0.1, -0.05) is 6.92 Å². The Morgan fingerprint density at radius 2 is 2.29 bits per heavy atom. The van der Waals surface area contributed by atoms with Gasteiger partial charge in [-0.05, 0) is 29.0 Å². The molecule has 6 nitrogen and oxygen atoms in total. The highest BCUT2D eigenvalue weighted by atomic mass is 32.1. The summed E-state index contributed by atoms with van der Waals surface area (Å²) < 4.78 is 1.39. The third-order valence-corrected chi connectivity index (χ3v) is 3.45. The number of amides is 1. The number of thiophene rings is 1. The van der Waals surface area contributed by atoms with Gasteiger partial charge in [0.05, 0.1) is 6.54 Å². The van der Waals surface area contributed by atoms with Crippen LogP contribution in [0.15, 0.2) is 18.5 Å². The number of carbonyl (C=O) groups excluding carboxylic acids is 1. The van der Waals surface area contributed by atoms with Crippen molar-refractivity contribution in [2.24, 2.45) is 0 Å². The van der Waals surface area contributed by atoms with Gasteiger partial charge in [-0.3, -0.25) is 4.79 Å². The molecule has 2 aromatic heterocycles. The van der Waals surface area contributed by atoms with E-state index in [1.54, 1.807) is 11.3 Å². The number of rotatable bonds is 5. The van der Waals surface area contributed by atoms with E-state index in [1.807, 2.05) is 6.07 Å². The Morgan fingerprint density at radius 1 is 1.47 bits per heavy atom. The van der Waals surface area contributed by atoms with Gasteiger partial charge < -0.3 is 5.32 Å². The molecule has 0 radical (unpaired) electrons. The predicted molar refractivity (Wildman–Crippen MR) is 63.4 cm³/mol. The second kappa shape index (κ2) is 5.53. The van der Waals surface area contributed by atoms with E-state index in [-0.39, 0.29) is 12.5 Å². The van der Waals surface area contributed by atoms with Crippen molar-refractivity contribution in [3.63, 3.8) is 0 Å². The number of nitrogens with zero attached hydrogens (tertiary/aromatic N) is 4. The van der Waals surface area contributed by atoms with Crippen molar-refractivity contribution < 1.29 is 4.79 Å². The lowest BCUT2D eigenvalue weighted by Gasteiger charge is -2.02. The van der Waals surface area contributed by atoms with E-state index in [0.717, 1.165) is 11.3 Å². The predicted octanol–water partition coefficient (Wildman–Crippen LogP) is 0.613. The fourth-order valence-electron chi connectivity index (χ4n) is 1.35. The summed E-state index contributed by atoms with van der Waals surface area (Å²) in [7, 11) is 0. The van der Waals surface area contributed by atoms with Crippen LogP contribution in [-0.4, -0.2) is 26.1 Å². The minimum atomic E-state index is -0.0938. The average molecular weight is 251 g/mol. The molecule has 0 aromatic carbocycles. The number of nitrogens with one attached hydrogen (secondary N) is 1. The second-order valence-corrected chi connectivity index (χ2v) is 4.76. The second-order valence-electron chi connectivity index (χ2n) is 3.51. The zero-order valence-electron chi connectivity index (χ0n) is 9.46. The Labute approximate surface area is 103 Å². The summed E-state index contributed by atoms with van der Waals surface area (Å²) in [5, 5.41) is 13.4. The van der Waals surface area contributed by atoms with Crippen molar-refractivity contribution in [2.45, 2.75) is 26.4 Å². The lowest BCUT2D eigenvalue weighted by Crippen LogP contribution is -2.27. The third-order valence-electron chi connectivity index (χ3n) is 2.22. The Bertz CT molecular complexity index is 479. The molecule has 0 fully saturated rings. The summed E-state index contributed by atoms with van der Waals surface area (Å²) in [5.74, 6) is -0.0938. The van der Waals surface area contributed by atoms with Crippen LogP contribution in [0, 0.1) is 0 Å². The van der Waals surface area contributed by atoms with Gasteiger partial charge in [0.15, 0.2) is 0 Å². The van der Waals surface area contributed by atoms with Crippen molar-refractivity contribution in [1.82, 2.24) is 25.5 Å². The molecule has 0 aliphatic carbocycles. The molecule has 0 unspecified atom stereocenters. The summed E-state index contributed by atoms with van der Waals surface area (Å²) >= 11 is 1.72. The molecule has 0 aliphatic rings. The van der Waals surface area contributed by atoms with Crippen molar-refractivity contribution >= 4 is 17.2 Å². The molecule has 17 heavy (non-hydrogen) atoms. The summed E-state index contributed by atoms with van der Waals surface area (Å²) in [5.41, 5.74) is 0. The van der Waals surface area contributed by atoms with E-state index in [1.165, 1.54) is 15.9 Å². The number of carbonyl (C=O) groups is 1. The van der Waals surface area contributed by atoms with Gasteiger partial charge in [0.2, 0.25) is 5.91 Å². The molecule has 7 heteroatoms. The van der Waals surface area contributed by atoms with Crippen LogP contribution in [0.4, 0.5) is 0 Å². The topological polar surface area (TPSA) is 72.7 Å². The van der Waals surface area contributed by atoms with E-state index in [4.69, 9.17) is 0 Å². The number of aryl methyl sites for hydroxylation is 1. The van der Waals surface area contributed by atoms with Crippen LogP contribution in [-0.2, 0) is 24.3 Å². The van der Waals surface area contributed by atoms with E-state index in [2.05, 4.69) is 33.8 Å². The lowest BCUT2D eigenvalue weighted by atomic mass is 10.3. The highest BCUT2D eigenvalue weighted by molar-refractivity contribution is 7.11. The Hall–Kier alpha value is -1.76. The van der Waals surface area contributed by atoms with E-state index >= 15 is 0 Å². The monoisotopic (exact) mass is 251 g/mol. The lowest BCUT2D eigenvalue weighted by molar-refractivity contribution is -0.122. The standard InChI is InChI=1S/C10H13N5OS/c1-2-8-3-4-9(17-8)5-11-10(16)6-15-7-12-13-14-15/h3-4,7H,2,5-6H2,1H3,(H,11,16). The molecule has 2 heterocycles.